The largest absolute Gasteiger partial charge is 0.480 e. The first-order valence-electron chi connectivity index (χ1n) is 7.22. The van der Waals surface area contributed by atoms with Crippen molar-refractivity contribution in [3.63, 3.8) is 0 Å². The van der Waals surface area contributed by atoms with Gasteiger partial charge >= 0.3 is 5.97 Å². The number of carboxylic acid groups (broad SMARTS) is 1. The van der Waals surface area contributed by atoms with Crippen LogP contribution in [0.2, 0.25) is 0 Å². The van der Waals surface area contributed by atoms with E-state index in [0.717, 1.165) is 16.3 Å². The summed E-state index contributed by atoms with van der Waals surface area (Å²) in [5.74, 6) is -0.701. The maximum absolute atomic E-state index is 12.6. The molecule has 0 aliphatic carbocycles. The second-order valence-corrected chi connectivity index (χ2v) is 7.38. The normalized spacial score (nSPS) is 21.3. The van der Waals surface area contributed by atoms with Gasteiger partial charge in [-0.25, -0.2) is 8.42 Å². The molecule has 1 saturated heterocycles. The quantitative estimate of drug-likeness (QED) is 0.906. The van der Waals surface area contributed by atoms with Crippen molar-refractivity contribution < 1.29 is 18.3 Å². The fraction of sp³-hybridized carbons (Fsp3) is 0.533. The van der Waals surface area contributed by atoms with Crippen molar-refractivity contribution in [3.8, 4) is 0 Å². The molecule has 2 unspecified atom stereocenters. The highest BCUT2D eigenvalue weighted by molar-refractivity contribution is 7.89. The molecule has 1 heterocycles. The maximum Gasteiger partial charge on any atom is 0.322 e. The molecule has 21 heavy (non-hydrogen) atoms. The van der Waals surface area contributed by atoms with E-state index in [1.807, 2.05) is 12.1 Å². The van der Waals surface area contributed by atoms with Crippen LogP contribution in [0.15, 0.2) is 29.2 Å². The van der Waals surface area contributed by atoms with E-state index in [1.54, 1.807) is 12.1 Å². The van der Waals surface area contributed by atoms with Crippen molar-refractivity contribution in [1.82, 2.24) is 4.31 Å². The minimum atomic E-state index is -3.73. The highest BCUT2D eigenvalue weighted by Gasteiger charge is 2.39. The van der Waals surface area contributed by atoms with Gasteiger partial charge in [-0.1, -0.05) is 26.0 Å². The lowest BCUT2D eigenvalue weighted by Crippen LogP contribution is -2.40. The van der Waals surface area contributed by atoms with Crippen molar-refractivity contribution in [2.24, 2.45) is 0 Å². The van der Waals surface area contributed by atoms with Crippen LogP contribution in [-0.4, -0.2) is 36.4 Å². The molecule has 0 spiro atoms. The third-order valence-corrected chi connectivity index (χ3v) is 6.08. The van der Waals surface area contributed by atoms with Crippen LogP contribution < -0.4 is 0 Å². The lowest BCUT2D eigenvalue weighted by molar-refractivity contribution is -0.140. The van der Waals surface area contributed by atoms with E-state index in [0.29, 0.717) is 18.8 Å². The van der Waals surface area contributed by atoms with E-state index in [9.17, 15) is 13.2 Å². The van der Waals surface area contributed by atoms with Crippen LogP contribution in [0, 0.1) is 0 Å². The monoisotopic (exact) mass is 311 g/mol. The van der Waals surface area contributed by atoms with Crippen LogP contribution in [0.3, 0.4) is 0 Å². The van der Waals surface area contributed by atoms with Gasteiger partial charge in [-0.05, 0) is 42.9 Å². The average molecular weight is 311 g/mol. The predicted octanol–water partition coefficient (Wildman–Crippen LogP) is 2.44. The Labute approximate surface area is 125 Å². The van der Waals surface area contributed by atoms with Gasteiger partial charge in [0, 0.05) is 6.54 Å². The summed E-state index contributed by atoms with van der Waals surface area (Å²) in [6, 6.07) is 5.84. The molecule has 1 aromatic carbocycles. The van der Waals surface area contributed by atoms with Crippen molar-refractivity contribution in [2.75, 3.05) is 6.54 Å². The Morgan fingerprint density at radius 3 is 2.52 bits per heavy atom. The molecule has 2 rings (SSSR count). The van der Waals surface area contributed by atoms with Crippen LogP contribution in [0.5, 0.6) is 0 Å². The summed E-state index contributed by atoms with van der Waals surface area (Å²) in [5.41, 5.74) is 1.09. The van der Waals surface area contributed by atoms with Gasteiger partial charge in [0.25, 0.3) is 0 Å². The van der Waals surface area contributed by atoms with Gasteiger partial charge in [-0.15, -0.1) is 0 Å². The first kappa shape index (κ1) is 16.0. The smallest absolute Gasteiger partial charge is 0.322 e. The summed E-state index contributed by atoms with van der Waals surface area (Å²) < 4.78 is 26.2. The summed E-state index contributed by atoms with van der Waals surface area (Å²) in [6.07, 6.45) is 1.94. The lowest BCUT2D eigenvalue weighted by Gasteiger charge is -2.21. The van der Waals surface area contributed by atoms with Crippen molar-refractivity contribution >= 4 is 16.0 Å². The molecular formula is C15H21NO4S. The molecule has 1 aliphatic rings. The van der Waals surface area contributed by atoms with Crippen LogP contribution in [0.1, 0.15) is 44.6 Å². The van der Waals surface area contributed by atoms with E-state index in [-0.39, 0.29) is 11.4 Å². The van der Waals surface area contributed by atoms with E-state index in [2.05, 4.69) is 13.8 Å². The summed E-state index contributed by atoms with van der Waals surface area (Å²) in [7, 11) is -3.73. The highest BCUT2D eigenvalue weighted by atomic mass is 32.2. The average Bonchev–Trinajstić information content (AvgIpc) is 2.97. The van der Waals surface area contributed by atoms with E-state index in [1.165, 1.54) is 0 Å². The number of benzene rings is 1. The van der Waals surface area contributed by atoms with Crippen LogP contribution >= 0.6 is 0 Å². The number of hydrogen-bond donors (Lipinski definition) is 1. The molecule has 1 fully saturated rings. The molecule has 0 radical (unpaired) electrons. The zero-order valence-corrected chi connectivity index (χ0v) is 13.1. The molecule has 0 saturated carbocycles. The number of carboxylic acids is 1. The summed E-state index contributed by atoms with van der Waals surface area (Å²) in [6.45, 7) is 4.44. The van der Waals surface area contributed by atoms with Gasteiger partial charge in [0.2, 0.25) is 10.0 Å². The van der Waals surface area contributed by atoms with E-state index in [4.69, 9.17) is 5.11 Å². The first-order chi connectivity index (χ1) is 9.87. The third kappa shape index (κ3) is 3.11. The number of sulfonamides is 1. The molecular weight excluding hydrogens is 290 g/mol. The SMILES string of the molecule is CCC(C)c1ccc(S(=O)(=O)N2CCCC2C(=O)O)cc1. The van der Waals surface area contributed by atoms with Gasteiger partial charge in [0.05, 0.1) is 4.90 Å². The molecule has 0 aromatic heterocycles. The minimum absolute atomic E-state index is 0.169. The summed E-state index contributed by atoms with van der Waals surface area (Å²) >= 11 is 0. The van der Waals surface area contributed by atoms with E-state index >= 15 is 0 Å². The molecule has 5 nitrogen and oxygen atoms in total. The second kappa shape index (κ2) is 6.15. The summed E-state index contributed by atoms with van der Waals surface area (Å²) in [4.78, 5) is 11.3. The standard InChI is InChI=1S/C15H21NO4S/c1-3-11(2)12-6-8-13(9-7-12)21(19,20)16-10-4-5-14(16)15(17)18/h6-9,11,14H,3-5,10H2,1-2H3,(H,17,18). The topological polar surface area (TPSA) is 74.7 Å². The molecule has 0 bridgehead atoms. The van der Waals surface area contributed by atoms with Crippen LogP contribution in [0.4, 0.5) is 0 Å². The fourth-order valence-corrected chi connectivity index (χ4v) is 4.26. The molecule has 1 N–H and O–H groups in total. The lowest BCUT2D eigenvalue weighted by atomic mass is 9.99. The number of hydrogen-bond acceptors (Lipinski definition) is 3. The zero-order chi connectivity index (χ0) is 15.6. The Balaban J connectivity index is 2.29. The second-order valence-electron chi connectivity index (χ2n) is 5.49. The van der Waals surface area contributed by atoms with Gasteiger partial charge in [0.15, 0.2) is 0 Å². The van der Waals surface area contributed by atoms with Gasteiger partial charge in [0.1, 0.15) is 6.04 Å². The van der Waals surface area contributed by atoms with Crippen molar-refractivity contribution in [1.29, 1.82) is 0 Å². The molecule has 116 valence electrons. The fourth-order valence-electron chi connectivity index (χ4n) is 2.61. The number of aliphatic carboxylic acids is 1. The maximum atomic E-state index is 12.6. The molecule has 1 aliphatic heterocycles. The number of carbonyl (C=O) groups is 1. The Bertz CT molecular complexity index is 609. The van der Waals surface area contributed by atoms with Gasteiger partial charge in [-0.2, -0.15) is 4.31 Å². The number of nitrogens with zero attached hydrogens (tertiary/aromatic N) is 1. The zero-order valence-electron chi connectivity index (χ0n) is 12.3. The number of rotatable bonds is 5. The van der Waals surface area contributed by atoms with Crippen LogP contribution in [-0.2, 0) is 14.8 Å². The minimum Gasteiger partial charge on any atom is -0.480 e. The van der Waals surface area contributed by atoms with Crippen LogP contribution in [0.25, 0.3) is 0 Å². The van der Waals surface area contributed by atoms with Gasteiger partial charge in [-0.3, -0.25) is 4.79 Å². The first-order valence-corrected chi connectivity index (χ1v) is 8.66. The Hall–Kier alpha value is -1.40. The predicted molar refractivity (Wildman–Crippen MR) is 79.7 cm³/mol. The third-order valence-electron chi connectivity index (χ3n) is 4.16. The van der Waals surface area contributed by atoms with Gasteiger partial charge < -0.3 is 5.11 Å². The molecule has 2 atom stereocenters. The molecule has 0 amide bonds. The van der Waals surface area contributed by atoms with Crippen molar-refractivity contribution in [3.05, 3.63) is 29.8 Å². The van der Waals surface area contributed by atoms with Crippen molar-refractivity contribution in [2.45, 2.75) is 50.0 Å². The Morgan fingerprint density at radius 2 is 2.00 bits per heavy atom. The van der Waals surface area contributed by atoms with E-state index < -0.39 is 22.0 Å². The Kier molecular flexibility index (Phi) is 4.68. The molecule has 1 aromatic rings. The summed E-state index contributed by atoms with van der Waals surface area (Å²) in [5, 5.41) is 9.14. The highest BCUT2D eigenvalue weighted by Crippen LogP contribution is 2.27. The molecule has 6 heteroatoms. The Morgan fingerprint density at radius 1 is 1.38 bits per heavy atom.